The lowest BCUT2D eigenvalue weighted by molar-refractivity contribution is 0.0981. The third-order valence-electron chi connectivity index (χ3n) is 5.05. The first-order valence-corrected chi connectivity index (χ1v) is 12.1. The molecule has 1 aliphatic heterocycles. The van der Waals surface area contributed by atoms with Gasteiger partial charge >= 0.3 is 0 Å². The van der Waals surface area contributed by atoms with Gasteiger partial charge in [-0.2, -0.15) is 8.42 Å². The van der Waals surface area contributed by atoms with Crippen LogP contribution in [0, 0.1) is 5.92 Å². The molecule has 0 radical (unpaired) electrons. The molecule has 11 heteroatoms. The van der Waals surface area contributed by atoms with Crippen molar-refractivity contribution in [2.75, 3.05) is 18.4 Å². The molecule has 2 aromatic rings. The van der Waals surface area contributed by atoms with Crippen molar-refractivity contribution >= 4 is 45.0 Å². The Hall–Kier alpha value is -1.94. The van der Waals surface area contributed by atoms with Crippen LogP contribution in [0.5, 0.6) is 0 Å². The van der Waals surface area contributed by atoms with Gasteiger partial charge in [0.05, 0.1) is 5.56 Å². The summed E-state index contributed by atoms with van der Waals surface area (Å²) in [6, 6.07) is 7.21. The molecule has 8 nitrogen and oxygen atoms in total. The fourth-order valence-electron chi connectivity index (χ4n) is 3.57. The highest BCUT2D eigenvalue weighted by atomic mass is 35.5. The number of nitrogens with zero attached hydrogens (tertiary/aromatic N) is 2. The molecule has 1 aliphatic rings. The number of sulfonamides is 1. The van der Waals surface area contributed by atoms with E-state index >= 15 is 0 Å². The SMILES string of the molecule is CC1(C)C[C@H](CCCNc2cccc(S(=O)(=O)NC(=O)c3ccc(Cl)nc3Cl)n2)CN1. The van der Waals surface area contributed by atoms with Crippen LogP contribution in [0.3, 0.4) is 0 Å². The second-order valence-electron chi connectivity index (χ2n) is 8.17. The van der Waals surface area contributed by atoms with Crippen LogP contribution in [-0.2, 0) is 10.0 Å². The zero-order valence-electron chi connectivity index (χ0n) is 17.3. The summed E-state index contributed by atoms with van der Waals surface area (Å²) < 4.78 is 27.1. The molecule has 2 aromatic heterocycles. The highest BCUT2D eigenvalue weighted by Crippen LogP contribution is 2.26. The Labute approximate surface area is 192 Å². The summed E-state index contributed by atoms with van der Waals surface area (Å²) in [6.45, 7) is 6.10. The first kappa shape index (κ1) is 23.7. The van der Waals surface area contributed by atoms with E-state index in [9.17, 15) is 13.2 Å². The molecule has 0 aromatic carbocycles. The normalized spacial score (nSPS) is 18.0. The lowest BCUT2D eigenvalue weighted by atomic mass is 9.94. The maximum atomic E-state index is 12.6. The maximum absolute atomic E-state index is 12.6. The van der Waals surface area contributed by atoms with Crippen molar-refractivity contribution in [2.24, 2.45) is 5.92 Å². The molecule has 1 amide bonds. The molecule has 3 heterocycles. The summed E-state index contributed by atoms with van der Waals surface area (Å²) in [5.74, 6) is 0.148. The molecule has 0 bridgehead atoms. The number of hydrogen-bond donors (Lipinski definition) is 3. The van der Waals surface area contributed by atoms with Crippen LogP contribution in [0.2, 0.25) is 10.3 Å². The van der Waals surface area contributed by atoms with Gasteiger partial charge in [0.25, 0.3) is 15.9 Å². The molecular weight excluding hydrogens is 461 g/mol. The number of aromatic nitrogens is 2. The molecule has 0 saturated carbocycles. The topological polar surface area (TPSA) is 113 Å². The minimum atomic E-state index is -4.19. The molecule has 1 fully saturated rings. The first-order valence-electron chi connectivity index (χ1n) is 9.91. The van der Waals surface area contributed by atoms with Crippen molar-refractivity contribution < 1.29 is 13.2 Å². The number of amides is 1. The van der Waals surface area contributed by atoms with Crippen LogP contribution in [0.25, 0.3) is 0 Å². The van der Waals surface area contributed by atoms with Crippen LogP contribution >= 0.6 is 23.2 Å². The highest BCUT2D eigenvalue weighted by molar-refractivity contribution is 7.90. The molecule has 1 atom stereocenters. The van der Waals surface area contributed by atoms with Gasteiger partial charge in [0, 0.05) is 12.1 Å². The van der Waals surface area contributed by atoms with Gasteiger partial charge in [0.2, 0.25) is 0 Å². The predicted octanol–water partition coefficient (Wildman–Crippen LogP) is 3.48. The molecule has 0 aliphatic carbocycles. The van der Waals surface area contributed by atoms with Crippen LogP contribution in [0.4, 0.5) is 5.82 Å². The van der Waals surface area contributed by atoms with Crippen molar-refractivity contribution in [2.45, 2.75) is 43.7 Å². The molecule has 31 heavy (non-hydrogen) atoms. The lowest BCUT2D eigenvalue weighted by Gasteiger charge is -2.17. The van der Waals surface area contributed by atoms with Gasteiger partial charge in [-0.15, -0.1) is 0 Å². The molecule has 3 rings (SSSR count). The lowest BCUT2D eigenvalue weighted by Crippen LogP contribution is -2.31. The number of rotatable bonds is 8. The van der Waals surface area contributed by atoms with Gasteiger partial charge in [0.1, 0.15) is 16.1 Å². The highest BCUT2D eigenvalue weighted by Gasteiger charge is 2.29. The predicted molar refractivity (Wildman–Crippen MR) is 121 cm³/mol. The Morgan fingerprint density at radius 3 is 2.68 bits per heavy atom. The van der Waals surface area contributed by atoms with E-state index in [1.54, 1.807) is 12.1 Å². The molecular formula is C20H25Cl2N5O3S. The average Bonchev–Trinajstić information content (AvgIpc) is 3.03. The fraction of sp³-hybridized carbons (Fsp3) is 0.450. The summed E-state index contributed by atoms with van der Waals surface area (Å²) in [6.07, 6.45) is 3.17. The molecule has 0 unspecified atom stereocenters. The third-order valence-corrected chi connectivity index (χ3v) is 6.78. The second-order valence-corrected chi connectivity index (χ2v) is 10.5. The Morgan fingerprint density at radius 2 is 2.00 bits per heavy atom. The van der Waals surface area contributed by atoms with Crippen LogP contribution in [0.15, 0.2) is 35.4 Å². The van der Waals surface area contributed by atoms with Gasteiger partial charge in [0.15, 0.2) is 5.03 Å². The van der Waals surface area contributed by atoms with Crippen molar-refractivity contribution in [3.63, 3.8) is 0 Å². The van der Waals surface area contributed by atoms with E-state index in [0.29, 0.717) is 18.3 Å². The summed E-state index contributed by atoms with van der Waals surface area (Å²) in [5.41, 5.74) is 0.0903. The van der Waals surface area contributed by atoms with Crippen LogP contribution in [-0.4, -0.2) is 42.9 Å². The second kappa shape index (κ2) is 9.68. The average molecular weight is 486 g/mol. The largest absolute Gasteiger partial charge is 0.370 e. The molecule has 1 saturated heterocycles. The zero-order chi connectivity index (χ0) is 22.6. The van der Waals surface area contributed by atoms with E-state index in [1.807, 2.05) is 4.72 Å². The van der Waals surface area contributed by atoms with Crippen molar-refractivity contribution in [1.82, 2.24) is 20.0 Å². The van der Waals surface area contributed by atoms with Crippen molar-refractivity contribution in [1.29, 1.82) is 0 Å². The van der Waals surface area contributed by atoms with Crippen LogP contribution < -0.4 is 15.4 Å². The van der Waals surface area contributed by atoms with Crippen LogP contribution in [0.1, 0.15) is 43.5 Å². The number of pyridine rings is 2. The van der Waals surface area contributed by atoms with Gasteiger partial charge < -0.3 is 10.6 Å². The summed E-state index contributed by atoms with van der Waals surface area (Å²) in [5, 5.41) is 6.29. The Morgan fingerprint density at radius 1 is 1.23 bits per heavy atom. The minimum absolute atomic E-state index is 0.0951. The Bertz CT molecular complexity index is 1060. The number of carbonyl (C=O) groups is 1. The number of nitrogens with one attached hydrogen (secondary N) is 3. The smallest absolute Gasteiger partial charge is 0.281 e. The number of hydrogen-bond acceptors (Lipinski definition) is 7. The van der Waals surface area contributed by atoms with E-state index < -0.39 is 15.9 Å². The summed E-state index contributed by atoms with van der Waals surface area (Å²) in [7, 11) is -4.19. The van der Waals surface area contributed by atoms with Crippen molar-refractivity contribution in [3.8, 4) is 0 Å². The van der Waals surface area contributed by atoms with E-state index in [1.165, 1.54) is 18.2 Å². The van der Waals surface area contributed by atoms with E-state index in [4.69, 9.17) is 23.2 Å². The third kappa shape index (κ3) is 6.52. The van der Waals surface area contributed by atoms with E-state index in [2.05, 4.69) is 34.4 Å². The van der Waals surface area contributed by atoms with Gasteiger partial charge in [-0.05, 0) is 69.8 Å². The standard InChI is InChI=1S/C20H25Cl2N5O3S/c1-20(2)11-13(12-24-20)5-4-10-23-16-6-3-7-17(26-16)31(29,30)27-19(28)14-8-9-15(21)25-18(14)22/h3,6-9,13,24H,4-5,10-12H2,1-2H3,(H,23,26)(H,27,28)/t13-/m0/s1. The first-order chi connectivity index (χ1) is 14.6. The van der Waals surface area contributed by atoms with E-state index in [-0.39, 0.29) is 26.4 Å². The molecule has 3 N–H and O–H groups in total. The van der Waals surface area contributed by atoms with Gasteiger partial charge in [-0.1, -0.05) is 29.3 Å². The minimum Gasteiger partial charge on any atom is -0.370 e. The molecule has 168 valence electrons. The van der Waals surface area contributed by atoms with Gasteiger partial charge in [-0.25, -0.2) is 14.7 Å². The fourth-order valence-corrected chi connectivity index (χ4v) is 4.94. The number of halogens is 2. The van der Waals surface area contributed by atoms with Gasteiger partial charge in [-0.3, -0.25) is 4.79 Å². The Kier molecular flexibility index (Phi) is 7.41. The quantitative estimate of drug-likeness (QED) is 0.387. The van der Waals surface area contributed by atoms with Crippen molar-refractivity contribution in [3.05, 3.63) is 46.2 Å². The monoisotopic (exact) mass is 485 g/mol. The maximum Gasteiger partial charge on any atom is 0.281 e. The number of carbonyl (C=O) groups excluding carboxylic acids is 1. The van der Waals surface area contributed by atoms with E-state index in [0.717, 1.165) is 25.8 Å². The molecule has 0 spiro atoms. The summed E-state index contributed by atoms with van der Waals surface area (Å²) >= 11 is 11.6. The number of anilines is 1. The zero-order valence-corrected chi connectivity index (χ0v) is 19.6. The Balaban J connectivity index is 1.57. The summed E-state index contributed by atoms with van der Waals surface area (Å²) in [4.78, 5) is 20.2.